The van der Waals surface area contributed by atoms with Crippen LogP contribution in [0.1, 0.15) is 27.2 Å². The Labute approximate surface area is 89.6 Å². The Kier molecular flexibility index (Phi) is 2.24. The van der Waals surface area contributed by atoms with Crippen LogP contribution in [-0.2, 0) is 9.53 Å². The summed E-state index contributed by atoms with van der Waals surface area (Å²) in [4.78, 5) is 24.7. The molecule has 1 amide bonds. The molecular weight excluding hydrogens is 194 g/mol. The highest BCUT2D eigenvalue weighted by molar-refractivity contribution is 5.89. The van der Waals surface area contributed by atoms with Crippen molar-refractivity contribution in [3.05, 3.63) is 0 Å². The van der Waals surface area contributed by atoms with Gasteiger partial charge in [0.2, 0.25) is 0 Å². The van der Waals surface area contributed by atoms with Crippen LogP contribution in [0.4, 0.5) is 4.79 Å². The number of rotatable bonds is 0. The first kappa shape index (κ1) is 10.5. The average molecular weight is 211 g/mol. The molecular formula is C11H17NO3. The molecule has 0 aromatic carbocycles. The lowest BCUT2D eigenvalue weighted by Gasteiger charge is -2.29. The minimum absolute atomic E-state index is 0.192. The zero-order chi connectivity index (χ0) is 11.2. The molecule has 0 radical (unpaired) electrons. The fourth-order valence-corrected chi connectivity index (χ4v) is 1.96. The largest absolute Gasteiger partial charge is 0.444 e. The first-order chi connectivity index (χ1) is 6.87. The van der Waals surface area contributed by atoms with E-state index in [1.165, 1.54) is 4.90 Å². The summed E-state index contributed by atoms with van der Waals surface area (Å²) in [5.74, 6) is 0.833. The highest BCUT2D eigenvalue weighted by atomic mass is 16.6. The van der Waals surface area contributed by atoms with Crippen molar-refractivity contribution in [3.8, 4) is 0 Å². The van der Waals surface area contributed by atoms with Gasteiger partial charge in [0.25, 0.3) is 0 Å². The van der Waals surface area contributed by atoms with Gasteiger partial charge in [-0.25, -0.2) is 4.79 Å². The van der Waals surface area contributed by atoms with Gasteiger partial charge >= 0.3 is 6.09 Å². The molecule has 1 aliphatic carbocycles. The van der Waals surface area contributed by atoms with E-state index in [0.717, 1.165) is 6.42 Å². The molecule has 0 unspecified atom stereocenters. The van der Waals surface area contributed by atoms with Gasteiger partial charge < -0.3 is 9.64 Å². The Bertz CT molecular complexity index is 305. The molecule has 1 aliphatic heterocycles. The lowest BCUT2D eigenvalue weighted by Crippen LogP contribution is -2.44. The van der Waals surface area contributed by atoms with E-state index in [-0.39, 0.29) is 24.3 Å². The molecule has 1 saturated carbocycles. The van der Waals surface area contributed by atoms with Crippen LogP contribution in [0, 0.1) is 11.8 Å². The van der Waals surface area contributed by atoms with Crippen molar-refractivity contribution < 1.29 is 14.3 Å². The zero-order valence-corrected chi connectivity index (χ0v) is 9.45. The third-order valence-corrected chi connectivity index (χ3v) is 2.79. The Morgan fingerprint density at radius 1 is 1.47 bits per heavy atom. The van der Waals surface area contributed by atoms with Crippen molar-refractivity contribution in [1.82, 2.24) is 4.90 Å². The normalized spacial score (nSPS) is 29.8. The first-order valence-electron chi connectivity index (χ1n) is 5.37. The average Bonchev–Trinajstić information content (AvgIpc) is 2.79. The molecule has 2 aliphatic rings. The summed E-state index contributed by atoms with van der Waals surface area (Å²) in [5, 5.41) is 0. The summed E-state index contributed by atoms with van der Waals surface area (Å²) in [6, 6.07) is 0. The second kappa shape index (κ2) is 3.22. The molecule has 0 bridgehead atoms. The van der Waals surface area contributed by atoms with Crippen molar-refractivity contribution in [1.29, 1.82) is 0 Å². The third-order valence-electron chi connectivity index (χ3n) is 2.79. The van der Waals surface area contributed by atoms with Crippen LogP contribution in [0.5, 0.6) is 0 Å². The molecule has 2 rings (SSSR count). The van der Waals surface area contributed by atoms with E-state index in [9.17, 15) is 9.59 Å². The number of fused-ring (bicyclic) bond motifs is 1. The second-order valence-corrected chi connectivity index (χ2v) is 5.43. The number of ether oxygens (including phenoxy) is 1. The Morgan fingerprint density at radius 2 is 2.13 bits per heavy atom. The van der Waals surface area contributed by atoms with Gasteiger partial charge in [0.15, 0.2) is 5.78 Å². The molecule has 0 aromatic heterocycles. The Hall–Kier alpha value is -1.06. The molecule has 1 saturated heterocycles. The fourth-order valence-electron chi connectivity index (χ4n) is 1.96. The number of Topliss-reactive ketones (excluding diaryl/α,β-unsaturated/α-hetero) is 1. The highest BCUT2D eigenvalue weighted by Gasteiger charge is 2.49. The van der Waals surface area contributed by atoms with Gasteiger partial charge in [0.05, 0.1) is 6.54 Å². The minimum Gasteiger partial charge on any atom is -0.444 e. The van der Waals surface area contributed by atoms with E-state index in [0.29, 0.717) is 12.5 Å². The molecule has 15 heavy (non-hydrogen) atoms. The van der Waals surface area contributed by atoms with Gasteiger partial charge in [-0.2, -0.15) is 0 Å². The maximum absolute atomic E-state index is 11.7. The van der Waals surface area contributed by atoms with E-state index in [1.54, 1.807) is 0 Å². The Morgan fingerprint density at radius 3 is 2.67 bits per heavy atom. The van der Waals surface area contributed by atoms with Crippen molar-refractivity contribution in [2.24, 2.45) is 11.8 Å². The van der Waals surface area contributed by atoms with Gasteiger partial charge in [0.1, 0.15) is 5.60 Å². The van der Waals surface area contributed by atoms with Crippen LogP contribution in [0.3, 0.4) is 0 Å². The topological polar surface area (TPSA) is 46.6 Å². The van der Waals surface area contributed by atoms with Crippen LogP contribution >= 0.6 is 0 Å². The summed E-state index contributed by atoms with van der Waals surface area (Å²) in [6.45, 7) is 6.41. The van der Waals surface area contributed by atoms with Crippen molar-refractivity contribution in [2.45, 2.75) is 32.8 Å². The fraction of sp³-hybridized carbons (Fsp3) is 0.818. The number of ketones is 1. The van der Waals surface area contributed by atoms with Crippen molar-refractivity contribution >= 4 is 11.9 Å². The van der Waals surface area contributed by atoms with Crippen LogP contribution < -0.4 is 0 Å². The smallest absolute Gasteiger partial charge is 0.410 e. The molecule has 84 valence electrons. The van der Waals surface area contributed by atoms with Gasteiger partial charge in [-0.1, -0.05) is 0 Å². The number of amides is 1. The monoisotopic (exact) mass is 211 g/mol. The van der Waals surface area contributed by atoms with Gasteiger partial charge in [-0.05, 0) is 33.1 Å². The second-order valence-electron chi connectivity index (χ2n) is 5.43. The summed E-state index contributed by atoms with van der Waals surface area (Å²) in [5.41, 5.74) is -0.486. The number of carbonyl (C=O) groups excluding carboxylic acids is 2. The summed E-state index contributed by atoms with van der Waals surface area (Å²) in [7, 11) is 0. The molecule has 2 fully saturated rings. The van der Waals surface area contributed by atoms with Crippen LogP contribution in [0.2, 0.25) is 0 Å². The molecule has 1 heterocycles. The molecule has 0 N–H and O–H groups in total. The van der Waals surface area contributed by atoms with E-state index in [1.807, 2.05) is 20.8 Å². The van der Waals surface area contributed by atoms with E-state index < -0.39 is 5.60 Å². The van der Waals surface area contributed by atoms with Gasteiger partial charge in [-0.3, -0.25) is 4.79 Å². The summed E-state index contributed by atoms with van der Waals surface area (Å²) >= 11 is 0. The number of nitrogens with zero attached hydrogens (tertiary/aromatic N) is 1. The van der Waals surface area contributed by atoms with Gasteiger partial charge in [-0.15, -0.1) is 0 Å². The quantitative estimate of drug-likeness (QED) is 0.609. The number of likely N-dealkylation sites (tertiary alicyclic amines) is 1. The van der Waals surface area contributed by atoms with Crippen molar-refractivity contribution in [3.63, 3.8) is 0 Å². The number of hydrogen-bond acceptors (Lipinski definition) is 3. The Balaban J connectivity index is 1.93. The van der Waals surface area contributed by atoms with Crippen LogP contribution in [0.15, 0.2) is 0 Å². The van der Waals surface area contributed by atoms with Gasteiger partial charge in [0, 0.05) is 12.5 Å². The number of carbonyl (C=O) groups is 2. The molecule has 0 aromatic rings. The minimum atomic E-state index is -0.486. The van der Waals surface area contributed by atoms with Crippen molar-refractivity contribution in [2.75, 3.05) is 13.1 Å². The van der Waals surface area contributed by atoms with Crippen LogP contribution in [-0.4, -0.2) is 35.5 Å². The maximum Gasteiger partial charge on any atom is 0.410 e. The predicted octanol–water partition coefficient (Wildman–Crippen LogP) is 1.44. The molecule has 4 nitrogen and oxygen atoms in total. The highest BCUT2D eigenvalue weighted by Crippen LogP contribution is 2.42. The van der Waals surface area contributed by atoms with E-state index >= 15 is 0 Å². The molecule has 0 spiro atoms. The SMILES string of the molecule is CC(C)(C)OC(=O)N1CC(=O)[C@@H]2C[C@H]2C1. The van der Waals surface area contributed by atoms with E-state index in [4.69, 9.17) is 4.74 Å². The first-order valence-corrected chi connectivity index (χ1v) is 5.37. The summed E-state index contributed by atoms with van der Waals surface area (Å²) in [6.07, 6.45) is 0.596. The lowest BCUT2D eigenvalue weighted by molar-refractivity contribution is -0.123. The van der Waals surface area contributed by atoms with Crippen LogP contribution in [0.25, 0.3) is 0 Å². The zero-order valence-electron chi connectivity index (χ0n) is 9.45. The third kappa shape index (κ3) is 2.30. The number of hydrogen-bond donors (Lipinski definition) is 0. The summed E-state index contributed by atoms with van der Waals surface area (Å²) < 4.78 is 5.23. The maximum atomic E-state index is 11.7. The predicted molar refractivity (Wildman–Crippen MR) is 54.4 cm³/mol. The molecule has 4 heteroatoms. The number of piperidine rings is 1. The standard InChI is InChI=1S/C11H17NO3/c1-11(2,3)15-10(14)12-5-7-4-8(7)9(13)6-12/h7-8H,4-6H2,1-3H3/t7-,8+/m0/s1. The van der Waals surface area contributed by atoms with E-state index in [2.05, 4.69) is 0 Å². The lowest BCUT2D eigenvalue weighted by atomic mass is 10.1. The molecule has 2 atom stereocenters.